The number of hydrogen-bond acceptors (Lipinski definition) is 4. The van der Waals surface area contributed by atoms with Crippen molar-refractivity contribution in [2.24, 2.45) is 5.92 Å². The molecule has 1 saturated carbocycles. The summed E-state index contributed by atoms with van der Waals surface area (Å²) in [6.45, 7) is 4.96. The number of hydrogen-bond donors (Lipinski definition) is 2. The van der Waals surface area contributed by atoms with Crippen LogP contribution in [-0.2, 0) is 14.8 Å². The molecule has 8 heteroatoms. The number of rotatable bonds is 5. The van der Waals surface area contributed by atoms with Crippen molar-refractivity contribution in [1.29, 1.82) is 0 Å². The Morgan fingerprint density at radius 2 is 2.04 bits per heavy atom. The zero-order valence-electron chi connectivity index (χ0n) is 14.7. The third-order valence-corrected chi connectivity index (χ3v) is 8.66. The van der Waals surface area contributed by atoms with Gasteiger partial charge in [-0.05, 0) is 30.2 Å². The lowest BCUT2D eigenvalue weighted by Crippen LogP contribution is -3.15. The van der Waals surface area contributed by atoms with Crippen LogP contribution in [0.1, 0.15) is 32.6 Å². The first-order valence-corrected chi connectivity index (χ1v) is 11.5. The van der Waals surface area contributed by atoms with Gasteiger partial charge in [-0.2, -0.15) is 4.31 Å². The smallest absolute Gasteiger partial charge is 0.275 e. The summed E-state index contributed by atoms with van der Waals surface area (Å²) in [4.78, 5) is 13.5. The lowest BCUT2D eigenvalue weighted by molar-refractivity contribution is -0.895. The molecule has 2 aliphatic rings. The molecule has 1 saturated heterocycles. The van der Waals surface area contributed by atoms with E-state index in [4.69, 9.17) is 0 Å². The minimum absolute atomic E-state index is 0.100. The van der Waals surface area contributed by atoms with Gasteiger partial charge in [-0.25, -0.2) is 8.42 Å². The Labute approximate surface area is 154 Å². The van der Waals surface area contributed by atoms with E-state index in [1.807, 2.05) is 0 Å². The molecule has 2 heterocycles. The van der Waals surface area contributed by atoms with Crippen LogP contribution in [0, 0.1) is 5.92 Å². The van der Waals surface area contributed by atoms with Gasteiger partial charge < -0.3 is 10.2 Å². The van der Waals surface area contributed by atoms with E-state index in [1.165, 1.54) is 35.5 Å². The van der Waals surface area contributed by atoms with Crippen LogP contribution >= 0.6 is 11.3 Å². The summed E-state index contributed by atoms with van der Waals surface area (Å²) in [5.74, 6) is 0.656. The van der Waals surface area contributed by atoms with Gasteiger partial charge in [-0.1, -0.05) is 25.8 Å². The van der Waals surface area contributed by atoms with E-state index in [0.717, 1.165) is 6.42 Å². The number of sulfonamides is 1. The van der Waals surface area contributed by atoms with Crippen molar-refractivity contribution in [1.82, 2.24) is 9.62 Å². The molecule has 0 unspecified atom stereocenters. The van der Waals surface area contributed by atoms with Crippen molar-refractivity contribution in [2.45, 2.75) is 42.9 Å². The van der Waals surface area contributed by atoms with Gasteiger partial charge in [0.05, 0.1) is 26.2 Å². The van der Waals surface area contributed by atoms with Crippen LogP contribution in [0.5, 0.6) is 0 Å². The summed E-state index contributed by atoms with van der Waals surface area (Å²) < 4.78 is 27.0. The zero-order chi connectivity index (χ0) is 17.9. The minimum Gasteiger partial charge on any atom is -0.348 e. The molecule has 1 aromatic heterocycles. The maximum atomic E-state index is 12.5. The number of amides is 1. The number of quaternary nitrogens is 1. The van der Waals surface area contributed by atoms with Crippen molar-refractivity contribution in [2.75, 3.05) is 32.7 Å². The monoisotopic (exact) mass is 386 g/mol. The van der Waals surface area contributed by atoms with Crippen LogP contribution in [0.2, 0.25) is 0 Å². The number of nitrogens with zero attached hydrogens (tertiary/aromatic N) is 1. The Kier molecular flexibility index (Phi) is 6.14. The van der Waals surface area contributed by atoms with Crippen molar-refractivity contribution >= 4 is 27.3 Å². The fourth-order valence-electron chi connectivity index (χ4n) is 3.77. The summed E-state index contributed by atoms with van der Waals surface area (Å²) in [6.07, 6.45) is 4.73. The summed E-state index contributed by atoms with van der Waals surface area (Å²) in [5.41, 5.74) is 0. The highest BCUT2D eigenvalue weighted by atomic mass is 32.2. The molecule has 0 spiro atoms. The molecule has 1 aromatic rings. The Morgan fingerprint density at radius 1 is 1.32 bits per heavy atom. The Bertz CT molecular complexity index is 667. The Morgan fingerprint density at radius 3 is 2.68 bits per heavy atom. The predicted molar refractivity (Wildman–Crippen MR) is 98.2 cm³/mol. The maximum absolute atomic E-state index is 12.5. The SMILES string of the molecule is C[C@@H]1CCCC[C@H]1NC(=O)C[NH+]1CCN(S(=O)(=O)c2cccs2)CC1. The zero-order valence-corrected chi connectivity index (χ0v) is 16.4. The molecule has 140 valence electrons. The van der Waals surface area contributed by atoms with Crippen LogP contribution in [-0.4, -0.2) is 57.4 Å². The van der Waals surface area contributed by atoms with Crippen molar-refractivity contribution < 1.29 is 18.1 Å². The van der Waals surface area contributed by atoms with Crippen LogP contribution in [0.3, 0.4) is 0 Å². The Balaban J connectivity index is 1.47. The van der Waals surface area contributed by atoms with E-state index in [0.29, 0.717) is 48.9 Å². The van der Waals surface area contributed by atoms with Gasteiger partial charge in [0.15, 0.2) is 6.54 Å². The quantitative estimate of drug-likeness (QED) is 0.766. The van der Waals surface area contributed by atoms with Crippen LogP contribution in [0.25, 0.3) is 0 Å². The highest BCUT2D eigenvalue weighted by molar-refractivity contribution is 7.91. The largest absolute Gasteiger partial charge is 0.348 e. The Hall–Kier alpha value is -0.960. The van der Waals surface area contributed by atoms with Gasteiger partial charge in [0.1, 0.15) is 4.21 Å². The topological polar surface area (TPSA) is 70.9 Å². The lowest BCUT2D eigenvalue weighted by atomic mass is 9.86. The van der Waals surface area contributed by atoms with Gasteiger partial charge >= 0.3 is 0 Å². The van der Waals surface area contributed by atoms with E-state index < -0.39 is 10.0 Å². The third-order valence-electron chi connectivity index (χ3n) is 5.39. The summed E-state index contributed by atoms with van der Waals surface area (Å²) >= 11 is 1.25. The summed E-state index contributed by atoms with van der Waals surface area (Å²) in [7, 11) is -3.36. The number of nitrogens with one attached hydrogen (secondary N) is 2. The molecule has 2 N–H and O–H groups in total. The van der Waals surface area contributed by atoms with Gasteiger partial charge in [0.25, 0.3) is 15.9 Å². The van der Waals surface area contributed by atoms with Crippen molar-refractivity contribution in [3.8, 4) is 0 Å². The van der Waals surface area contributed by atoms with E-state index in [9.17, 15) is 13.2 Å². The molecule has 1 aliphatic heterocycles. The molecule has 6 nitrogen and oxygen atoms in total. The molecule has 0 bridgehead atoms. The predicted octanol–water partition coefficient (Wildman–Crippen LogP) is 0.332. The number of carbonyl (C=O) groups excluding carboxylic acids is 1. The first-order valence-electron chi connectivity index (χ1n) is 9.13. The highest BCUT2D eigenvalue weighted by Gasteiger charge is 2.32. The third kappa shape index (κ3) is 4.61. The van der Waals surface area contributed by atoms with Crippen molar-refractivity contribution in [3.05, 3.63) is 17.5 Å². The highest BCUT2D eigenvalue weighted by Crippen LogP contribution is 2.23. The summed E-state index contributed by atoms with van der Waals surface area (Å²) in [6, 6.07) is 3.72. The molecule has 2 atom stereocenters. The molecule has 1 amide bonds. The van der Waals surface area contributed by atoms with E-state index >= 15 is 0 Å². The van der Waals surface area contributed by atoms with E-state index in [1.54, 1.807) is 21.8 Å². The fourth-order valence-corrected chi connectivity index (χ4v) is 6.36. The first kappa shape index (κ1) is 18.8. The molecule has 1 aliphatic carbocycles. The second-order valence-corrected chi connectivity index (χ2v) is 10.3. The number of carbonyl (C=O) groups is 1. The van der Waals surface area contributed by atoms with Crippen LogP contribution in [0.4, 0.5) is 0 Å². The molecule has 3 rings (SSSR count). The van der Waals surface area contributed by atoms with E-state index in [2.05, 4.69) is 12.2 Å². The van der Waals surface area contributed by atoms with Gasteiger partial charge in [-0.15, -0.1) is 11.3 Å². The molecule has 0 radical (unpaired) electrons. The van der Waals surface area contributed by atoms with Gasteiger partial charge in [-0.3, -0.25) is 4.79 Å². The average Bonchev–Trinajstić information content (AvgIpc) is 3.13. The normalized spacial score (nSPS) is 26.4. The molecule has 0 aromatic carbocycles. The maximum Gasteiger partial charge on any atom is 0.275 e. The fraction of sp³-hybridized carbons (Fsp3) is 0.706. The van der Waals surface area contributed by atoms with E-state index in [-0.39, 0.29) is 5.91 Å². The first-order chi connectivity index (χ1) is 12.0. The lowest BCUT2D eigenvalue weighted by Gasteiger charge is -2.32. The number of thiophene rings is 1. The standard InChI is InChI=1S/C17H27N3O3S2/c1-14-5-2-3-6-15(14)18-16(21)13-19-8-10-20(11-9-19)25(22,23)17-7-4-12-24-17/h4,7,12,14-15H,2-3,5-6,8-11,13H2,1H3,(H,18,21)/p+1/t14-,15-/m1/s1. The number of piperazine rings is 1. The molecular formula is C17H28N3O3S2+. The van der Waals surface area contributed by atoms with Crippen LogP contribution in [0.15, 0.2) is 21.7 Å². The molecular weight excluding hydrogens is 358 g/mol. The second kappa shape index (κ2) is 8.16. The molecule has 2 fully saturated rings. The van der Waals surface area contributed by atoms with Gasteiger partial charge in [0.2, 0.25) is 0 Å². The average molecular weight is 387 g/mol. The summed E-state index contributed by atoms with van der Waals surface area (Å²) in [5, 5.41) is 4.97. The minimum atomic E-state index is -3.36. The molecule has 25 heavy (non-hydrogen) atoms. The van der Waals surface area contributed by atoms with Crippen molar-refractivity contribution in [3.63, 3.8) is 0 Å². The van der Waals surface area contributed by atoms with Gasteiger partial charge in [0, 0.05) is 6.04 Å². The second-order valence-electron chi connectivity index (χ2n) is 7.20. The van der Waals surface area contributed by atoms with Crippen LogP contribution < -0.4 is 10.2 Å².